The summed E-state index contributed by atoms with van der Waals surface area (Å²) < 4.78 is 39.3. The summed E-state index contributed by atoms with van der Waals surface area (Å²) in [6.07, 6.45) is -3.98. The van der Waals surface area contributed by atoms with E-state index in [1.165, 1.54) is 28.4 Å². The molecule has 8 heteroatoms. The zero-order valence-corrected chi connectivity index (χ0v) is 19.0. The van der Waals surface area contributed by atoms with Gasteiger partial charge >= 0.3 is 6.18 Å². The van der Waals surface area contributed by atoms with Gasteiger partial charge in [-0.1, -0.05) is 49.4 Å². The average molecular weight is 475 g/mol. The molecule has 174 valence electrons. The maximum atomic E-state index is 13.3. The zero-order valence-electron chi connectivity index (χ0n) is 18.2. The number of hydrogen-bond donors (Lipinski definition) is 0. The van der Waals surface area contributed by atoms with Gasteiger partial charge in [-0.15, -0.1) is 11.3 Å². The number of hydrogen-bond acceptors (Lipinski definition) is 3. The fourth-order valence-corrected chi connectivity index (χ4v) is 4.14. The monoisotopic (exact) mass is 474 g/mol. The molecule has 0 aliphatic carbocycles. The van der Waals surface area contributed by atoms with Crippen molar-refractivity contribution >= 4 is 23.2 Å². The summed E-state index contributed by atoms with van der Waals surface area (Å²) in [5.74, 6) is -0.854. The molecule has 2 amide bonds. The Morgan fingerprint density at radius 2 is 1.67 bits per heavy atom. The van der Waals surface area contributed by atoms with E-state index in [1.807, 2.05) is 54.8 Å². The Morgan fingerprint density at radius 1 is 0.909 bits per heavy atom. The SMILES string of the molecule is CCCN(CC(=O)N(Cc1ccccc1)Cc1cccs1)C(=O)c1cccc(C(F)(F)F)c1. The highest BCUT2D eigenvalue weighted by Crippen LogP contribution is 2.29. The fraction of sp³-hybridized carbons (Fsp3) is 0.280. The molecule has 0 saturated heterocycles. The summed E-state index contributed by atoms with van der Waals surface area (Å²) >= 11 is 1.53. The molecule has 0 saturated carbocycles. The first-order valence-electron chi connectivity index (χ1n) is 10.6. The summed E-state index contributed by atoms with van der Waals surface area (Å²) in [7, 11) is 0. The van der Waals surface area contributed by atoms with Crippen molar-refractivity contribution in [3.8, 4) is 0 Å². The van der Waals surface area contributed by atoms with Gasteiger partial charge in [-0.3, -0.25) is 9.59 Å². The van der Waals surface area contributed by atoms with E-state index in [-0.39, 0.29) is 24.6 Å². The first kappa shape index (κ1) is 24.5. The molecule has 0 N–H and O–H groups in total. The predicted molar refractivity (Wildman–Crippen MR) is 123 cm³/mol. The van der Waals surface area contributed by atoms with Crippen LogP contribution in [0.15, 0.2) is 72.1 Å². The van der Waals surface area contributed by atoms with Crippen LogP contribution < -0.4 is 0 Å². The van der Waals surface area contributed by atoms with Crippen molar-refractivity contribution in [2.24, 2.45) is 0 Å². The summed E-state index contributed by atoms with van der Waals surface area (Å²) in [4.78, 5) is 30.3. The lowest BCUT2D eigenvalue weighted by molar-refractivity contribution is -0.137. The van der Waals surface area contributed by atoms with E-state index in [0.717, 1.165) is 22.6 Å². The van der Waals surface area contributed by atoms with Gasteiger partial charge in [0, 0.05) is 23.5 Å². The smallest absolute Gasteiger partial charge is 0.332 e. The fourth-order valence-electron chi connectivity index (χ4n) is 3.42. The number of carbonyl (C=O) groups excluding carboxylic acids is 2. The number of alkyl halides is 3. The van der Waals surface area contributed by atoms with E-state index < -0.39 is 17.6 Å². The van der Waals surface area contributed by atoms with Crippen molar-refractivity contribution in [1.29, 1.82) is 0 Å². The molecule has 1 aromatic heterocycles. The molecule has 0 bridgehead atoms. The van der Waals surface area contributed by atoms with E-state index in [1.54, 1.807) is 4.90 Å². The van der Waals surface area contributed by atoms with Crippen molar-refractivity contribution in [3.05, 3.63) is 93.7 Å². The van der Waals surface area contributed by atoms with Gasteiger partial charge in [0.1, 0.15) is 6.54 Å². The van der Waals surface area contributed by atoms with Gasteiger partial charge < -0.3 is 9.80 Å². The molecule has 0 unspecified atom stereocenters. The average Bonchev–Trinajstić information content (AvgIpc) is 3.31. The number of nitrogens with zero attached hydrogens (tertiary/aromatic N) is 2. The zero-order chi connectivity index (χ0) is 23.8. The second-order valence-electron chi connectivity index (χ2n) is 7.62. The number of benzene rings is 2. The second-order valence-corrected chi connectivity index (χ2v) is 8.65. The third-order valence-corrected chi connectivity index (χ3v) is 5.90. The summed E-state index contributed by atoms with van der Waals surface area (Å²) in [6, 6.07) is 17.7. The molecular weight excluding hydrogens is 449 g/mol. The highest BCUT2D eigenvalue weighted by Gasteiger charge is 2.31. The van der Waals surface area contributed by atoms with Crippen LogP contribution in [0.2, 0.25) is 0 Å². The Balaban J connectivity index is 1.80. The van der Waals surface area contributed by atoms with Crippen molar-refractivity contribution in [1.82, 2.24) is 9.80 Å². The number of rotatable bonds is 9. The minimum absolute atomic E-state index is 0.0843. The highest BCUT2D eigenvalue weighted by molar-refractivity contribution is 7.09. The van der Waals surface area contributed by atoms with Gasteiger partial charge in [0.05, 0.1) is 12.1 Å². The van der Waals surface area contributed by atoms with Crippen LogP contribution in [0.4, 0.5) is 13.2 Å². The quantitative estimate of drug-likeness (QED) is 0.391. The van der Waals surface area contributed by atoms with E-state index >= 15 is 0 Å². The van der Waals surface area contributed by atoms with E-state index in [0.29, 0.717) is 19.5 Å². The van der Waals surface area contributed by atoms with Crippen molar-refractivity contribution in [3.63, 3.8) is 0 Å². The molecule has 0 fully saturated rings. The van der Waals surface area contributed by atoms with Gasteiger partial charge in [-0.2, -0.15) is 13.2 Å². The Bertz CT molecular complexity index is 1050. The van der Waals surface area contributed by atoms with Gasteiger partial charge in [-0.05, 0) is 41.6 Å². The molecule has 3 aromatic rings. The molecule has 4 nitrogen and oxygen atoms in total. The number of thiophene rings is 1. The van der Waals surface area contributed by atoms with E-state index in [9.17, 15) is 22.8 Å². The molecule has 0 spiro atoms. The molecular formula is C25H25F3N2O2S. The topological polar surface area (TPSA) is 40.6 Å². The van der Waals surface area contributed by atoms with Crippen LogP contribution in [0.1, 0.15) is 39.7 Å². The molecule has 1 heterocycles. The third-order valence-electron chi connectivity index (χ3n) is 5.04. The van der Waals surface area contributed by atoms with E-state index in [4.69, 9.17) is 0 Å². The first-order chi connectivity index (χ1) is 15.8. The molecule has 0 aliphatic heterocycles. The molecule has 0 aliphatic rings. The van der Waals surface area contributed by atoms with Gasteiger partial charge in [0.15, 0.2) is 0 Å². The van der Waals surface area contributed by atoms with Crippen LogP contribution in [0.3, 0.4) is 0 Å². The number of halogens is 3. The first-order valence-corrected chi connectivity index (χ1v) is 11.5. The van der Waals surface area contributed by atoms with Crippen LogP contribution >= 0.6 is 11.3 Å². The second kappa shape index (κ2) is 11.1. The molecule has 0 atom stereocenters. The van der Waals surface area contributed by atoms with Gasteiger partial charge in [-0.25, -0.2) is 0 Å². The van der Waals surface area contributed by atoms with Crippen LogP contribution in [-0.2, 0) is 24.1 Å². The normalized spacial score (nSPS) is 11.3. The minimum atomic E-state index is -4.55. The van der Waals surface area contributed by atoms with Crippen LogP contribution in [0.25, 0.3) is 0 Å². The van der Waals surface area contributed by atoms with Crippen LogP contribution in [-0.4, -0.2) is 34.7 Å². The van der Waals surface area contributed by atoms with Crippen molar-refractivity contribution < 1.29 is 22.8 Å². The van der Waals surface area contributed by atoms with Gasteiger partial charge in [0.2, 0.25) is 5.91 Å². The highest BCUT2D eigenvalue weighted by atomic mass is 32.1. The largest absolute Gasteiger partial charge is 0.416 e. The maximum Gasteiger partial charge on any atom is 0.416 e. The van der Waals surface area contributed by atoms with Crippen LogP contribution in [0, 0.1) is 0 Å². The Kier molecular flexibility index (Phi) is 8.27. The molecule has 2 aromatic carbocycles. The molecule has 0 radical (unpaired) electrons. The Labute approximate surface area is 195 Å². The lowest BCUT2D eigenvalue weighted by Gasteiger charge is -2.27. The Hall–Kier alpha value is -3.13. The Morgan fingerprint density at radius 3 is 2.30 bits per heavy atom. The lowest BCUT2D eigenvalue weighted by Crippen LogP contribution is -2.42. The lowest BCUT2D eigenvalue weighted by atomic mass is 10.1. The third kappa shape index (κ3) is 6.92. The van der Waals surface area contributed by atoms with Gasteiger partial charge in [0.25, 0.3) is 5.91 Å². The number of amides is 2. The standard InChI is InChI=1S/C25H25F3N2O2S/c1-2-13-29(24(32)20-10-6-11-21(15-20)25(26,27)28)18-23(31)30(17-22-12-7-14-33-22)16-19-8-4-3-5-9-19/h3-12,14-15H,2,13,16-18H2,1H3. The van der Waals surface area contributed by atoms with Crippen LogP contribution in [0.5, 0.6) is 0 Å². The molecule has 33 heavy (non-hydrogen) atoms. The molecule has 3 rings (SSSR count). The summed E-state index contributed by atoms with van der Waals surface area (Å²) in [5, 5.41) is 1.93. The maximum absolute atomic E-state index is 13.3. The van der Waals surface area contributed by atoms with E-state index in [2.05, 4.69) is 0 Å². The summed E-state index contributed by atoms with van der Waals surface area (Å²) in [5.41, 5.74) is -0.0212. The van der Waals surface area contributed by atoms with Crippen molar-refractivity contribution in [2.75, 3.05) is 13.1 Å². The minimum Gasteiger partial charge on any atom is -0.332 e. The predicted octanol–water partition coefficient (Wildman–Crippen LogP) is 5.85. The van der Waals surface area contributed by atoms with Crippen molar-refractivity contribution in [2.45, 2.75) is 32.6 Å². The number of carbonyl (C=O) groups is 2. The summed E-state index contributed by atoms with van der Waals surface area (Å²) in [6.45, 7) is 2.67.